The summed E-state index contributed by atoms with van der Waals surface area (Å²) in [5.41, 5.74) is 0. The van der Waals surface area contributed by atoms with Gasteiger partial charge in [-0.15, -0.1) is 11.3 Å². The monoisotopic (exact) mass is 356 g/mol. The number of ketones is 1. The molecule has 0 saturated heterocycles. The van der Waals surface area contributed by atoms with Crippen LogP contribution in [0.3, 0.4) is 0 Å². The first-order chi connectivity index (χ1) is 9.18. The van der Waals surface area contributed by atoms with Crippen molar-refractivity contribution in [2.45, 2.75) is 17.7 Å². The highest BCUT2D eigenvalue weighted by Gasteiger charge is 2.10. The van der Waals surface area contributed by atoms with E-state index in [2.05, 4.69) is 15.9 Å². The minimum atomic E-state index is -1.05. The Morgan fingerprint density at radius 3 is 2.68 bits per heavy atom. The Hall–Kier alpha value is -0.780. The lowest BCUT2D eigenvalue weighted by atomic mass is 10.2. The quantitative estimate of drug-likeness (QED) is 0.723. The first-order valence-corrected chi connectivity index (χ1v) is 8.87. The Balaban J connectivity index is 1.85. The van der Waals surface area contributed by atoms with Gasteiger partial charge in [-0.2, -0.15) is 0 Å². The molecule has 0 saturated carbocycles. The molecule has 1 heterocycles. The zero-order chi connectivity index (χ0) is 13.7. The molecule has 1 unspecified atom stereocenters. The van der Waals surface area contributed by atoms with Crippen molar-refractivity contribution in [3.8, 4) is 0 Å². The summed E-state index contributed by atoms with van der Waals surface area (Å²) in [6.07, 6.45) is 1.10. The average Bonchev–Trinajstić information content (AvgIpc) is 2.93. The third-order valence-electron chi connectivity index (χ3n) is 2.61. The lowest BCUT2D eigenvalue weighted by molar-refractivity contribution is 0.0986. The number of Topliss-reactive ketones (excluding diaryl/α,β-unsaturated/α-hetero) is 1. The topological polar surface area (TPSA) is 34.1 Å². The van der Waals surface area contributed by atoms with Gasteiger partial charge in [0.1, 0.15) is 0 Å². The van der Waals surface area contributed by atoms with Crippen LogP contribution in [0.2, 0.25) is 0 Å². The van der Waals surface area contributed by atoms with Gasteiger partial charge in [-0.3, -0.25) is 9.00 Å². The normalized spacial score (nSPS) is 12.3. The Morgan fingerprint density at radius 1 is 1.21 bits per heavy atom. The van der Waals surface area contributed by atoms with E-state index in [-0.39, 0.29) is 5.78 Å². The third-order valence-corrected chi connectivity index (χ3v) is 5.98. The second kappa shape index (κ2) is 7.12. The summed E-state index contributed by atoms with van der Waals surface area (Å²) in [7, 11) is -1.05. The van der Waals surface area contributed by atoms with E-state index in [9.17, 15) is 9.00 Å². The lowest BCUT2D eigenvalue weighted by Crippen LogP contribution is -2.03. The number of rotatable bonds is 6. The highest BCUT2D eigenvalue weighted by molar-refractivity contribution is 9.10. The summed E-state index contributed by atoms with van der Waals surface area (Å²) < 4.78 is 13.0. The molecule has 1 aromatic carbocycles. The van der Waals surface area contributed by atoms with Crippen molar-refractivity contribution >= 4 is 43.8 Å². The first-order valence-electron chi connectivity index (χ1n) is 5.88. The molecule has 2 aromatic rings. The molecule has 0 fully saturated rings. The van der Waals surface area contributed by atoms with Gasteiger partial charge < -0.3 is 0 Å². The van der Waals surface area contributed by atoms with Crippen LogP contribution < -0.4 is 0 Å². The maximum atomic E-state index is 12.1. The maximum absolute atomic E-state index is 12.1. The summed E-state index contributed by atoms with van der Waals surface area (Å²) in [5, 5.41) is 1.90. The number of benzene rings is 1. The fourth-order valence-corrected chi connectivity index (χ4v) is 4.33. The molecule has 19 heavy (non-hydrogen) atoms. The molecule has 2 rings (SSSR count). The fourth-order valence-electron chi connectivity index (χ4n) is 1.66. The van der Waals surface area contributed by atoms with Crippen LogP contribution in [-0.4, -0.2) is 15.7 Å². The van der Waals surface area contributed by atoms with Crippen LogP contribution in [0.15, 0.2) is 51.1 Å². The minimum absolute atomic E-state index is 0.138. The van der Waals surface area contributed by atoms with Gasteiger partial charge in [-0.1, -0.05) is 18.2 Å². The Morgan fingerprint density at radius 2 is 2.00 bits per heavy atom. The number of carbonyl (C=O) groups excluding carboxylic acids is 1. The van der Waals surface area contributed by atoms with Gasteiger partial charge in [-0.25, -0.2) is 0 Å². The second-order valence-corrected chi connectivity index (χ2v) is 7.33. The van der Waals surface area contributed by atoms with Crippen molar-refractivity contribution in [2.75, 3.05) is 5.75 Å². The van der Waals surface area contributed by atoms with E-state index < -0.39 is 10.8 Å². The molecule has 0 aliphatic carbocycles. The zero-order valence-corrected chi connectivity index (χ0v) is 13.4. The number of hydrogen-bond acceptors (Lipinski definition) is 3. The Kier molecular flexibility index (Phi) is 5.48. The van der Waals surface area contributed by atoms with E-state index >= 15 is 0 Å². The Bertz CT molecular complexity index is 579. The highest BCUT2D eigenvalue weighted by Crippen LogP contribution is 2.20. The van der Waals surface area contributed by atoms with Crippen LogP contribution in [0.1, 0.15) is 22.5 Å². The predicted molar refractivity (Wildman–Crippen MR) is 83.3 cm³/mol. The molecule has 1 atom stereocenters. The molecule has 0 radical (unpaired) electrons. The van der Waals surface area contributed by atoms with Gasteiger partial charge in [0, 0.05) is 16.6 Å². The molecular formula is C14H13BrO2S2. The predicted octanol–water partition coefficient (Wildman–Crippen LogP) is 4.28. The van der Waals surface area contributed by atoms with Crippen molar-refractivity contribution < 1.29 is 9.00 Å². The van der Waals surface area contributed by atoms with Gasteiger partial charge >= 0.3 is 0 Å². The number of hydrogen-bond donors (Lipinski definition) is 0. The molecule has 0 amide bonds. The summed E-state index contributed by atoms with van der Waals surface area (Å²) in [6, 6.07) is 11.2. The van der Waals surface area contributed by atoms with E-state index in [0.717, 1.165) is 14.2 Å². The SMILES string of the molecule is O=C(CCCS(=O)c1ccccc1Br)c1cccs1. The molecule has 0 N–H and O–H groups in total. The van der Waals surface area contributed by atoms with Gasteiger partial charge in [0.2, 0.25) is 0 Å². The summed E-state index contributed by atoms with van der Waals surface area (Å²) in [6.45, 7) is 0. The molecule has 0 spiro atoms. The van der Waals surface area contributed by atoms with Crippen molar-refractivity contribution in [3.63, 3.8) is 0 Å². The summed E-state index contributed by atoms with van der Waals surface area (Å²) in [4.78, 5) is 13.4. The van der Waals surface area contributed by atoms with E-state index in [1.54, 1.807) is 0 Å². The molecule has 0 aliphatic rings. The second-order valence-electron chi connectivity index (χ2n) is 3.98. The number of thiophene rings is 1. The van der Waals surface area contributed by atoms with Crippen LogP contribution >= 0.6 is 27.3 Å². The van der Waals surface area contributed by atoms with Crippen LogP contribution in [0.25, 0.3) is 0 Å². The molecule has 2 nitrogen and oxygen atoms in total. The van der Waals surface area contributed by atoms with Crippen molar-refractivity contribution in [1.82, 2.24) is 0 Å². The molecule has 0 bridgehead atoms. The molecular weight excluding hydrogens is 344 g/mol. The van der Waals surface area contributed by atoms with Crippen molar-refractivity contribution in [3.05, 3.63) is 51.1 Å². The molecule has 1 aromatic heterocycles. The fraction of sp³-hybridized carbons (Fsp3) is 0.214. The van der Waals surface area contributed by atoms with Gasteiger partial charge in [-0.05, 0) is 45.9 Å². The highest BCUT2D eigenvalue weighted by atomic mass is 79.9. The lowest BCUT2D eigenvalue weighted by Gasteiger charge is -2.04. The van der Waals surface area contributed by atoms with Gasteiger partial charge in [0.05, 0.1) is 20.6 Å². The van der Waals surface area contributed by atoms with Gasteiger partial charge in [0.25, 0.3) is 0 Å². The molecule has 0 aliphatic heterocycles. The summed E-state index contributed by atoms with van der Waals surface area (Å²) >= 11 is 4.85. The van der Waals surface area contributed by atoms with E-state index in [0.29, 0.717) is 18.6 Å². The smallest absolute Gasteiger partial charge is 0.172 e. The van der Waals surface area contributed by atoms with E-state index in [1.807, 2.05) is 41.8 Å². The third kappa shape index (κ3) is 4.09. The number of halogens is 1. The van der Waals surface area contributed by atoms with Gasteiger partial charge in [0.15, 0.2) is 5.78 Å². The Labute approximate surface area is 127 Å². The average molecular weight is 357 g/mol. The van der Waals surface area contributed by atoms with Crippen LogP contribution in [0, 0.1) is 0 Å². The zero-order valence-electron chi connectivity index (χ0n) is 10.2. The molecule has 5 heteroatoms. The van der Waals surface area contributed by atoms with Crippen LogP contribution in [0.5, 0.6) is 0 Å². The summed E-state index contributed by atoms with van der Waals surface area (Å²) in [5.74, 6) is 0.652. The van der Waals surface area contributed by atoms with Crippen LogP contribution in [0.4, 0.5) is 0 Å². The first kappa shape index (κ1) is 14.6. The van der Waals surface area contributed by atoms with E-state index in [1.165, 1.54) is 11.3 Å². The van der Waals surface area contributed by atoms with Crippen LogP contribution in [-0.2, 0) is 10.8 Å². The number of carbonyl (C=O) groups is 1. The maximum Gasteiger partial charge on any atom is 0.172 e. The van der Waals surface area contributed by atoms with E-state index in [4.69, 9.17) is 0 Å². The standard InChI is InChI=1S/C14H13BrO2S2/c15-11-5-1-2-8-14(11)19(17)10-4-6-12(16)13-7-3-9-18-13/h1-3,5,7-9H,4,6,10H2. The van der Waals surface area contributed by atoms with Crippen molar-refractivity contribution in [1.29, 1.82) is 0 Å². The molecule has 100 valence electrons. The van der Waals surface area contributed by atoms with Crippen molar-refractivity contribution in [2.24, 2.45) is 0 Å². The largest absolute Gasteiger partial charge is 0.293 e. The minimum Gasteiger partial charge on any atom is -0.293 e.